The van der Waals surface area contributed by atoms with E-state index in [1.807, 2.05) is 48.5 Å². The minimum Gasteiger partial charge on any atom is -0.351 e. The van der Waals surface area contributed by atoms with Gasteiger partial charge in [-0.05, 0) is 24.0 Å². The summed E-state index contributed by atoms with van der Waals surface area (Å²) in [5, 5.41) is 11.0. The molecule has 148 valence electrons. The molecule has 1 aliphatic carbocycles. The highest BCUT2D eigenvalue weighted by Gasteiger charge is 2.32. The second-order valence-corrected chi connectivity index (χ2v) is 8.02. The molecule has 3 N–H and O–H groups in total. The normalized spacial score (nSPS) is 14.3. The summed E-state index contributed by atoms with van der Waals surface area (Å²) in [4.78, 5) is 23.9. The number of carbonyl (C=O) groups is 2. The molecule has 2 aromatic carbocycles. The topological polar surface area (TPSA) is 103 Å². The summed E-state index contributed by atoms with van der Waals surface area (Å²) < 4.78 is 2.07. The van der Waals surface area contributed by atoms with Gasteiger partial charge < -0.3 is 10.3 Å². The molecule has 29 heavy (non-hydrogen) atoms. The molecule has 0 radical (unpaired) electrons. The molecule has 3 amide bonds. The van der Waals surface area contributed by atoms with Crippen molar-refractivity contribution < 1.29 is 9.59 Å². The fourth-order valence-corrected chi connectivity index (χ4v) is 4.18. The number of thioether (sulfide) groups is 1. The number of primary amides is 1. The number of rotatable bonds is 7. The summed E-state index contributed by atoms with van der Waals surface area (Å²) in [6.07, 6.45) is 2.20. The van der Waals surface area contributed by atoms with Gasteiger partial charge in [-0.15, -0.1) is 10.2 Å². The lowest BCUT2D eigenvalue weighted by molar-refractivity contribution is -0.119. The van der Waals surface area contributed by atoms with Gasteiger partial charge >= 0.3 is 6.03 Å². The van der Waals surface area contributed by atoms with Crippen molar-refractivity contribution in [3.63, 3.8) is 0 Å². The predicted molar refractivity (Wildman–Crippen MR) is 110 cm³/mol. The minimum absolute atomic E-state index is 0.412. The molecule has 1 fully saturated rings. The first-order valence-electron chi connectivity index (χ1n) is 9.40. The number of benzene rings is 2. The first-order chi connectivity index (χ1) is 14.1. The molecule has 1 aromatic heterocycles. The van der Waals surface area contributed by atoms with E-state index in [-0.39, 0.29) is 0 Å². The van der Waals surface area contributed by atoms with Crippen LogP contribution in [0.2, 0.25) is 0 Å². The average molecular weight is 407 g/mol. The van der Waals surface area contributed by atoms with Crippen molar-refractivity contribution >= 4 is 23.7 Å². The van der Waals surface area contributed by atoms with E-state index in [0.29, 0.717) is 17.6 Å². The minimum atomic E-state index is -0.874. The lowest BCUT2D eigenvalue weighted by atomic mass is 10.1. The Labute approximate surface area is 172 Å². The highest BCUT2D eigenvalue weighted by molar-refractivity contribution is 8.00. The van der Waals surface area contributed by atoms with Crippen molar-refractivity contribution in [1.29, 1.82) is 0 Å². The molecule has 4 rings (SSSR count). The number of hydrogen-bond acceptors (Lipinski definition) is 5. The van der Waals surface area contributed by atoms with Crippen molar-refractivity contribution in [2.75, 3.05) is 0 Å². The Morgan fingerprint density at radius 2 is 1.72 bits per heavy atom. The molecular weight excluding hydrogens is 386 g/mol. The van der Waals surface area contributed by atoms with Crippen LogP contribution in [0.3, 0.4) is 0 Å². The zero-order chi connectivity index (χ0) is 20.2. The largest absolute Gasteiger partial charge is 0.351 e. The highest BCUT2D eigenvalue weighted by atomic mass is 32.2. The molecule has 8 heteroatoms. The van der Waals surface area contributed by atoms with Crippen LogP contribution < -0.4 is 11.1 Å². The standard InChI is InChI=1S/C21H21N5O2S/c22-20(28)23-19(27)17(15-9-5-2-6-10-15)29-21-25-24-18(16-11-12-16)26(21)13-14-7-3-1-4-8-14/h1-10,16-17H,11-13H2,(H3,22,23,27,28). The van der Waals surface area contributed by atoms with Gasteiger partial charge in [-0.25, -0.2) is 4.79 Å². The highest BCUT2D eigenvalue weighted by Crippen LogP contribution is 2.42. The smallest absolute Gasteiger partial charge is 0.318 e. The Hall–Kier alpha value is -3.13. The lowest BCUT2D eigenvalue weighted by Crippen LogP contribution is -2.37. The number of hydrogen-bond donors (Lipinski definition) is 2. The second-order valence-electron chi connectivity index (χ2n) is 6.95. The van der Waals surface area contributed by atoms with Crippen LogP contribution in [0.5, 0.6) is 0 Å². The molecule has 0 saturated heterocycles. The predicted octanol–water partition coefficient (Wildman–Crippen LogP) is 3.23. The van der Waals surface area contributed by atoms with E-state index < -0.39 is 17.2 Å². The third-order valence-electron chi connectivity index (χ3n) is 4.68. The molecule has 1 atom stereocenters. The molecule has 1 unspecified atom stereocenters. The molecule has 1 aliphatic rings. The van der Waals surface area contributed by atoms with Crippen molar-refractivity contribution in [3.8, 4) is 0 Å². The number of nitrogens with zero attached hydrogens (tertiary/aromatic N) is 3. The van der Waals surface area contributed by atoms with Gasteiger partial charge in [-0.1, -0.05) is 72.4 Å². The summed E-state index contributed by atoms with van der Waals surface area (Å²) in [6.45, 7) is 0.626. The van der Waals surface area contributed by atoms with Crippen molar-refractivity contribution in [2.24, 2.45) is 5.73 Å². The van der Waals surface area contributed by atoms with Gasteiger partial charge in [0.05, 0.1) is 6.54 Å². The van der Waals surface area contributed by atoms with E-state index in [4.69, 9.17) is 5.73 Å². The van der Waals surface area contributed by atoms with Gasteiger partial charge in [0.25, 0.3) is 0 Å². The fourth-order valence-electron chi connectivity index (χ4n) is 3.14. The molecule has 7 nitrogen and oxygen atoms in total. The maximum absolute atomic E-state index is 12.7. The number of imide groups is 1. The maximum atomic E-state index is 12.7. The maximum Gasteiger partial charge on any atom is 0.318 e. The van der Waals surface area contributed by atoms with E-state index in [1.165, 1.54) is 11.8 Å². The molecule has 0 bridgehead atoms. The molecule has 1 saturated carbocycles. The SMILES string of the molecule is NC(=O)NC(=O)C(Sc1nnc(C2CC2)n1Cc1ccccc1)c1ccccc1. The van der Waals surface area contributed by atoms with E-state index in [9.17, 15) is 9.59 Å². The number of aromatic nitrogens is 3. The van der Waals surface area contributed by atoms with Crippen LogP contribution >= 0.6 is 11.8 Å². The summed E-state index contributed by atoms with van der Waals surface area (Å²) >= 11 is 1.27. The van der Waals surface area contributed by atoms with Crippen LogP contribution in [0, 0.1) is 0 Å². The van der Waals surface area contributed by atoms with Gasteiger partial charge in [-0.3, -0.25) is 10.1 Å². The van der Waals surface area contributed by atoms with E-state index >= 15 is 0 Å². The lowest BCUT2D eigenvalue weighted by Gasteiger charge is -2.16. The number of urea groups is 1. The third-order valence-corrected chi connectivity index (χ3v) is 5.92. The first kappa shape index (κ1) is 19.2. The first-order valence-corrected chi connectivity index (χ1v) is 10.3. The van der Waals surface area contributed by atoms with Gasteiger partial charge in [0.15, 0.2) is 5.16 Å². The van der Waals surface area contributed by atoms with Crippen molar-refractivity contribution in [2.45, 2.75) is 35.7 Å². The van der Waals surface area contributed by atoms with Crippen molar-refractivity contribution in [3.05, 3.63) is 77.6 Å². The van der Waals surface area contributed by atoms with E-state index in [0.717, 1.165) is 29.8 Å². The summed E-state index contributed by atoms with van der Waals surface area (Å²) in [7, 11) is 0. The average Bonchev–Trinajstić information content (AvgIpc) is 3.49. The van der Waals surface area contributed by atoms with Crippen LogP contribution in [-0.2, 0) is 11.3 Å². The number of nitrogens with two attached hydrogens (primary N) is 1. The summed E-state index contributed by atoms with van der Waals surface area (Å²) in [5.74, 6) is 0.879. The monoisotopic (exact) mass is 407 g/mol. The Balaban J connectivity index is 1.67. The number of carbonyl (C=O) groups excluding carboxylic acids is 2. The Kier molecular flexibility index (Phi) is 5.62. The van der Waals surface area contributed by atoms with Crippen LogP contribution in [-0.4, -0.2) is 26.7 Å². The van der Waals surface area contributed by atoms with E-state index in [2.05, 4.69) is 32.2 Å². The molecule has 3 aromatic rings. The number of amides is 3. The molecule has 0 spiro atoms. The summed E-state index contributed by atoms with van der Waals surface area (Å²) in [5.41, 5.74) is 7.07. The van der Waals surface area contributed by atoms with Gasteiger partial charge in [0, 0.05) is 5.92 Å². The van der Waals surface area contributed by atoms with Crippen LogP contribution in [0.1, 0.15) is 41.0 Å². The molecular formula is C21H21N5O2S. The second kappa shape index (κ2) is 8.48. The van der Waals surface area contributed by atoms with Crippen molar-refractivity contribution in [1.82, 2.24) is 20.1 Å². The number of nitrogens with one attached hydrogen (secondary N) is 1. The molecule has 0 aliphatic heterocycles. The van der Waals surface area contributed by atoms with Crippen LogP contribution in [0.25, 0.3) is 0 Å². The van der Waals surface area contributed by atoms with Gasteiger partial charge in [-0.2, -0.15) is 0 Å². The Morgan fingerprint density at radius 3 is 2.34 bits per heavy atom. The van der Waals surface area contributed by atoms with Gasteiger partial charge in [0.2, 0.25) is 5.91 Å². The zero-order valence-electron chi connectivity index (χ0n) is 15.7. The van der Waals surface area contributed by atoms with Crippen LogP contribution in [0.15, 0.2) is 65.8 Å². The van der Waals surface area contributed by atoms with Crippen LogP contribution in [0.4, 0.5) is 4.79 Å². The van der Waals surface area contributed by atoms with E-state index in [1.54, 1.807) is 0 Å². The molecule has 1 heterocycles. The fraction of sp³-hybridized carbons (Fsp3) is 0.238. The quantitative estimate of drug-likeness (QED) is 0.585. The third kappa shape index (κ3) is 4.65. The Bertz CT molecular complexity index is 1000. The Morgan fingerprint density at radius 1 is 1.07 bits per heavy atom. The zero-order valence-corrected chi connectivity index (χ0v) is 16.5. The summed E-state index contributed by atoms with van der Waals surface area (Å²) in [6, 6.07) is 18.5. The van der Waals surface area contributed by atoms with Gasteiger partial charge in [0.1, 0.15) is 11.1 Å².